The number of carbonyl (C=O) groups is 1. The molecule has 0 aromatic heterocycles. The molecule has 0 unspecified atom stereocenters. The van der Waals surface area contributed by atoms with Crippen molar-refractivity contribution in [2.45, 2.75) is 25.3 Å². The molecule has 1 aliphatic carbocycles. The highest BCUT2D eigenvalue weighted by Crippen LogP contribution is 2.44. The predicted molar refractivity (Wildman–Crippen MR) is 119 cm³/mol. The highest BCUT2D eigenvalue weighted by Gasteiger charge is 2.43. The number of allylic oxidation sites excluding steroid dienone is 1. The lowest BCUT2D eigenvalue weighted by atomic mass is 9.77. The Morgan fingerprint density at radius 3 is 2.33 bits per heavy atom. The number of hydrogen-bond acceptors (Lipinski definition) is 4. The van der Waals surface area contributed by atoms with Crippen molar-refractivity contribution in [1.29, 1.82) is 0 Å². The Bertz CT molecular complexity index is 967. The summed E-state index contributed by atoms with van der Waals surface area (Å²) >= 11 is 5.92. The second kappa shape index (κ2) is 8.92. The van der Waals surface area contributed by atoms with Gasteiger partial charge in [0.15, 0.2) is 0 Å². The molecule has 0 radical (unpaired) electrons. The molecule has 2 aromatic rings. The lowest BCUT2D eigenvalue weighted by Gasteiger charge is -2.29. The molecule has 5 nitrogen and oxygen atoms in total. The zero-order chi connectivity index (χ0) is 21.1. The number of halogens is 1. The van der Waals surface area contributed by atoms with Gasteiger partial charge >= 0.3 is 0 Å². The number of rotatable bonds is 5. The molecule has 0 spiro atoms. The summed E-state index contributed by atoms with van der Waals surface area (Å²) in [5, 5.41) is 6.37. The van der Waals surface area contributed by atoms with Crippen molar-refractivity contribution < 1.29 is 14.3 Å². The average Bonchev–Trinajstić information content (AvgIpc) is 3.20. The molecule has 0 saturated heterocycles. The summed E-state index contributed by atoms with van der Waals surface area (Å²) in [6, 6.07) is 15.7. The molecule has 2 atom stereocenters. The number of fused-ring (bicyclic) bond motifs is 1. The number of hydrogen-bond donors (Lipinski definition) is 0. The second-order valence-corrected chi connectivity index (χ2v) is 7.78. The SMILES string of the molecule is COc1ccc(/C=C2/CCC[C@H]3C2=NN(C(=O)CCl)[C@H]3c2ccc(OC)cc2)cc1. The topological polar surface area (TPSA) is 51.1 Å². The van der Waals surface area contributed by atoms with Crippen LogP contribution in [-0.4, -0.2) is 36.7 Å². The molecule has 2 aromatic carbocycles. The molecule has 156 valence electrons. The van der Waals surface area contributed by atoms with Crippen LogP contribution in [0.2, 0.25) is 0 Å². The maximum absolute atomic E-state index is 12.6. The van der Waals surface area contributed by atoms with Crippen LogP contribution in [-0.2, 0) is 4.79 Å². The van der Waals surface area contributed by atoms with E-state index in [1.807, 2.05) is 48.5 Å². The number of ether oxygens (including phenoxy) is 2. The van der Waals surface area contributed by atoms with Crippen molar-refractivity contribution in [3.8, 4) is 11.5 Å². The summed E-state index contributed by atoms with van der Waals surface area (Å²) in [6.07, 6.45) is 5.16. The number of benzene rings is 2. The van der Waals surface area contributed by atoms with E-state index in [1.54, 1.807) is 19.2 Å². The van der Waals surface area contributed by atoms with E-state index in [-0.39, 0.29) is 23.7 Å². The van der Waals surface area contributed by atoms with Crippen LogP contribution < -0.4 is 9.47 Å². The summed E-state index contributed by atoms with van der Waals surface area (Å²) in [7, 11) is 3.31. The molecule has 6 heteroatoms. The van der Waals surface area contributed by atoms with Gasteiger partial charge in [0.25, 0.3) is 5.91 Å². The van der Waals surface area contributed by atoms with Crippen LogP contribution in [0.25, 0.3) is 6.08 Å². The van der Waals surface area contributed by atoms with Crippen LogP contribution in [0.5, 0.6) is 11.5 Å². The first-order chi connectivity index (χ1) is 14.6. The molecule has 0 bridgehead atoms. The zero-order valence-corrected chi connectivity index (χ0v) is 17.9. The number of carbonyl (C=O) groups excluding carboxylic acids is 1. The van der Waals surface area contributed by atoms with Gasteiger partial charge < -0.3 is 9.47 Å². The Kier molecular flexibility index (Phi) is 6.09. The van der Waals surface area contributed by atoms with Crippen molar-refractivity contribution in [1.82, 2.24) is 5.01 Å². The predicted octanol–water partition coefficient (Wildman–Crippen LogP) is 5.07. The first kappa shape index (κ1) is 20.5. The van der Waals surface area contributed by atoms with Gasteiger partial charge in [-0.25, -0.2) is 5.01 Å². The average molecular weight is 425 g/mol. The first-order valence-corrected chi connectivity index (χ1v) is 10.6. The third-order valence-corrected chi connectivity index (χ3v) is 6.01. The highest BCUT2D eigenvalue weighted by molar-refractivity contribution is 6.27. The maximum Gasteiger partial charge on any atom is 0.258 e. The normalized spacial score (nSPS) is 21.9. The van der Waals surface area contributed by atoms with Gasteiger partial charge in [-0.05, 0) is 66.3 Å². The number of amides is 1. The van der Waals surface area contributed by atoms with Crippen LogP contribution in [0.1, 0.15) is 36.4 Å². The van der Waals surface area contributed by atoms with Crippen molar-refractivity contribution in [3.05, 3.63) is 65.2 Å². The molecular formula is C24H25ClN2O3. The van der Waals surface area contributed by atoms with E-state index >= 15 is 0 Å². The number of alkyl halides is 1. The van der Waals surface area contributed by atoms with E-state index in [0.717, 1.165) is 47.6 Å². The summed E-state index contributed by atoms with van der Waals surface area (Å²) < 4.78 is 10.5. The zero-order valence-electron chi connectivity index (χ0n) is 17.2. The molecule has 1 amide bonds. The van der Waals surface area contributed by atoms with Crippen molar-refractivity contribution in [2.24, 2.45) is 11.0 Å². The molecule has 2 aliphatic rings. The number of nitrogens with zero attached hydrogens (tertiary/aromatic N) is 2. The largest absolute Gasteiger partial charge is 0.497 e. The summed E-state index contributed by atoms with van der Waals surface area (Å²) in [5.74, 6) is 1.51. The maximum atomic E-state index is 12.6. The summed E-state index contributed by atoms with van der Waals surface area (Å²) in [6.45, 7) is 0. The Hall–Kier alpha value is -2.79. The number of hydrazone groups is 1. The minimum Gasteiger partial charge on any atom is -0.497 e. The molecule has 30 heavy (non-hydrogen) atoms. The minimum absolute atomic E-state index is 0.0896. The van der Waals surface area contributed by atoms with Crippen molar-refractivity contribution >= 4 is 29.3 Å². The fourth-order valence-electron chi connectivity index (χ4n) is 4.30. The van der Waals surface area contributed by atoms with Crippen molar-refractivity contribution in [3.63, 3.8) is 0 Å². The Labute approximate surface area is 181 Å². The smallest absolute Gasteiger partial charge is 0.258 e. The van der Waals surface area contributed by atoms with Gasteiger partial charge in [0, 0.05) is 5.92 Å². The molecule has 1 fully saturated rings. The monoisotopic (exact) mass is 424 g/mol. The van der Waals surface area contributed by atoms with Crippen LogP contribution in [0.15, 0.2) is 59.2 Å². The summed E-state index contributed by atoms with van der Waals surface area (Å²) in [5.41, 5.74) is 4.32. The van der Waals surface area contributed by atoms with E-state index in [9.17, 15) is 4.79 Å². The Morgan fingerprint density at radius 2 is 1.73 bits per heavy atom. The molecule has 1 aliphatic heterocycles. The van der Waals surface area contributed by atoms with Crippen LogP contribution in [0, 0.1) is 5.92 Å². The van der Waals surface area contributed by atoms with Gasteiger partial charge in [0.2, 0.25) is 0 Å². The first-order valence-electron chi connectivity index (χ1n) is 10.1. The third-order valence-electron chi connectivity index (χ3n) is 5.79. The fourth-order valence-corrected chi connectivity index (χ4v) is 4.43. The standard InChI is InChI=1S/C24H25ClN2O3/c1-29-19-10-6-16(7-11-19)14-18-4-3-5-21-23(18)26-27(22(28)15-25)24(21)17-8-12-20(30-2)13-9-17/h6-14,21,24H,3-5,15H2,1-2H3/b18-14-/t21-,24-/m0/s1. The van der Waals surface area contributed by atoms with Crippen LogP contribution in [0.3, 0.4) is 0 Å². The van der Waals surface area contributed by atoms with E-state index in [4.69, 9.17) is 26.2 Å². The molecule has 0 N–H and O–H groups in total. The lowest BCUT2D eigenvalue weighted by Crippen LogP contribution is -2.32. The van der Waals surface area contributed by atoms with E-state index in [2.05, 4.69) is 6.08 Å². The van der Waals surface area contributed by atoms with E-state index in [1.165, 1.54) is 5.57 Å². The van der Waals surface area contributed by atoms with E-state index < -0.39 is 0 Å². The van der Waals surface area contributed by atoms with Crippen LogP contribution in [0.4, 0.5) is 0 Å². The van der Waals surface area contributed by atoms with Crippen LogP contribution >= 0.6 is 11.6 Å². The van der Waals surface area contributed by atoms with Gasteiger partial charge in [-0.3, -0.25) is 4.79 Å². The van der Waals surface area contributed by atoms with Crippen molar-refractivity contribution in [2.75, 3.05) is 20.1 Å². The molecule has 4 rings (SSSR count). The third kappa shape index (κ3) is 3.94. The van der Waals surface area contributed by atoms with Gasteiger partial charge in [-0.2, -0.15) is 5.10 Å². The molecular weight excluding hydrogens is 400 g/mol. The molecule has 1 saturated carbocycles. The van der Waals surface area contributed by atoms with Gasteiger partial charge in [0.1, 0.15) is 17.4 Å². The second-order valence-electron chi connectivity index (χ2n) is 7.52. The fraction of sp³-hybridized carbons (Fsp3) is 0.333. The Morgan fingerprint density at radius 1 is 1.10 bits per heavy atom. The lowest BCUT2D eigenvalue weighted by molar-refractivity contribution is -0.130. The van der Waals surface area contributed by atoms with Gasteiger partial charge in [-0.15, -0.1) is 11.6 Å². The van der Waals surface area contributed by atoms with Gasteiger partial charge in [0.05, 0.1) is 26.0 Å². The Balaban J connectivity index is 1.69. The minimum atomic E-state index is -0.178. The van der Waals surface area contributed by atoms with Gasteiger partial charge in [-0.1, -0.05) is 24.3 Å². The quantitative estimate of drug-likeness (QED) is 0.630. The van der Waals surface area contributed by atoms with E-state index in [0.29, 0.717) is 0 Å². The highest BCUT2D eigenvalue weighted by atomic mass is 35.5. The molecule has 1 heterocycles. The summed E-state index contributed by atoms with van der Waals surface area (Å²) in [4.78, 5) is 12.6. The number of methoxy groups -OCH3 is 2.